The summed E-state index contributed by atoms with van der Waals surface area (Å²) >= 11 is 11.6. The summed E-state index contributed by atoms with van der Waals surface area (Å²) in [6.07, 6.45) is 0. The summed E-state index contributed by atoms with van der Waals surface area (Å²) in [7, 11) is 5.03. The maximum absolute atomic E-state index is 10.1. The van der Waals surface area contributed by atoms with Crippen molar-refractivity contribution in [2.75, 3.05) is 0 Å². The minimum absolute atomic E-state index is 0. The van der Waals surface area contributed by atoms with Crippen molar-refractivity contribution >= 4 is 98.0 Å². The Hall–Kier alpha value is 1.27. The van der Waals surface area contributed by atoms with E-state index in [1.165, 1.54) is 13.8 Å². The fourth-order valence-corrected chi connectivity index (χ4v) is 3.60. The van der Waals surface area contributed by atoms with Gasteiger partial charge in [-0.1, -0.05) is 68.0 Å². The second-order valence-electron chi connectivity index (χ2n) is 3.85. The molecule has 0 bridgehead atoms. The van der Waals surface area contributed by atoms with Crippen molar-refractivity contribution in [2.24, 2.45) is 0 Å². The molecule has 0 aromatic carbocycles. The van der Waals surface area contributed by atoms with Gasteiger partial charge < -0.3 is 0 Å². The lowest BCUT2D eigenvalue weighted by atomic mass is 10.4. The third-order valence-electron chi connectivity index (χ3n) is 1.57. The second-order valence-corrected chi connectivity index (χ2v) is 12.4. The number of thiocarbonyl (C=S) groups is 2. The first-order chi connectivity index (χ1) is 9.56. The number of hydrogen-bond donors (Lipinski definition) is 0. The Labute approximate surface area is 188 Å². The van der Waals surface area contributed by atoms with Gasteiger partial charge in [0, 0.05) is 24.3 Å². The van der Waals surface area contributed by atoms with E-state index >= 15 is 0 Å². The molecule has 9 heteroatoms. The smallest absolute Gasteiger partial charge is 0.196 e. The van der Waals surface area contributed by atoms with Gasteiger partial charge >= 0.3 is 0 Å². The Bertz CT molecular complexity index is 311. The van der Waals surface area contributed by atoms with Gasteiger partial charge in [0.05, 0.1) is 8.39 Å². The third-order valence-corrected chi connectivity index (χ3v) is 8.57. The fourth-order valence-electron chi connectivity index (χ4n) is 0.528. The first-order valence-corrected chi connectivity index (χ1v) is 12.0. The molecular formula is C16H36O2S7. The van der Waals surface area contributed by atoms with Crippen LogP contribution in [-0.4, -0.2) is 29.1 Å². The largest absolute Gasteiger partial charge is 0.287 e. The zero-order chi connectivity index (χ0) is 17.0. The highest BCUT2D eigenvalue weighted by molar-refractivity contribution is 8.89. The van der Waals surface area contributed by atoms with Gasteiger partial charge in [-0.05, 0) is 57.0 Å². The SMILES string of the molecule is C.C.C.C.CC(=O)SSC(C)=O.CC(=S)SSC(C)=S.CC1SC1C. The Balaban J connectivity index is -0.0000000510. The van der Waals surface area contributed by atoms with Crippen LogP contribution in [0.25, 0.3) is 0 Å². The number of hydrogen-bond acceptors (Lipinski definition) is 9. The van der Waals surface area contributed by atoms with Crippen LogP contribution in [0.2, 0.25) is 0 Å². The molecule has 1 heterocycles. The number of thioether (sulfide) groups is 1. The second kappa shape index (κ2) is 25.3. The quantitative estimate of drug-likeness (QED) is 0.191. The predicted octanol–water partition coefficient (Wildman–Crippen LogP) is 8.58. The summed E-state index contributed by atoms with van der Waals surface area (Å²) < 4.78 is 1.86. The number of carbonyl (C=O) groups excluding carboxylic acids is 2. The van der Waals surface area contributed by atoms with E-state index in [-0.39, 0.29) is 39.9 Å². The van der Waals surface area contributed by atoms with Crippen molar-refractivity contribution in [2.45, 2.75) is 81.7 Å². The first-order valence-electron chi connectivity index (χ1n) is 5.93. The van der Waals surface area contributed by atoms with E-state index in [2.05, 4.69) is 13.8 Å². The zero-order valence-corrected chi connectivity index (χ0v) is 18.5. The average Bonchev–Trinajstić information content (AvgIpc) is 2.99. The van der Waals surface area contributed by atoms with Gasteiger partial charge in [0.15, 0.2) is 10.2 Å². The van der Waals surface area contributed by atoms with Gasteiger partial charge in [-0.15, -0.1) is 0 Å². The Kier molecular flexibility index (Phi) is 41.3. The molecular weight excluding hydrogens is 449 g/mol. The molecule has 0 radical (unpaired) electrons. The molecule has 1 fully saturated rings. The Morgan fingerprint density at radius 3 is 0.960 bits per heavy atom. The molecule has 0 saturated carbocycles. The van der Waals surface area contributed by atoms with Gasteiger partial charge in [0.1, 0.15) is 0 Å². The Morgan fingerprint density at radius 2 is 0.880 bits per heavy atom. The van der Waals surface area contributed by atoms with Crippen molar-refractivity contribution in [3.63, 3.8) is 0 Å². The van der Waals surface area contributed by atoms with Gasteiger partial charge in [0.2, 0.25) is 0 Å². The van der Waals surface area contributed by atoms with Gasteiger partial charge in [-0.3, -0.25) is 9.59 Å². The molecule has 0 N–H and O–H groups in total. The van der Waals surface area contributed by atoms with E-state index in [9.17, 15) is 9.59 Å². The lowest BCUT2D eigenvalue weighted by Gasteiger charge is -1.91. The van der Waals surface area contributed by atoms with Crippen molar-refractivity contribution in [1.29, 1.82) is 0 Å². The molecule has 0 aromatic heterocycles. The van der Waals surface area contributed by atoms with Crippen LogP contribution in [0, 0.1) is 0 Å². The topological polar surface area (TPSA) is 34.1 Å². The van der Waals surface area contributed by atoms with E-state index in [1.807, 2.05) is 25.6 Å². The van der Waals surface area contributed by atoms with E-state index in [0.717, 1.165) is 40.5 Å². The zero-order valence-electron chi connectivity index (χ0n) is 12.8. The van der Waals surface area contributed by atoms with Gasteiger partial charge in [0.25, 0.3) is 0 Å². The maximum Gasteiger partial charge on any atom is 0.196 e. The summed E-state index contributed by atoms with van der Waals surface area (Å²) in [5.74, 6) is 0. The van der Waals surface area contributed by atoms with Crippen LogP contribution in [0.3, 0.4) is 0 Å². The molecule has 1 aliphatic heterocycles. The fraction of sp³-hybridized carbons (Fsp3) is 0.750. The maximum atomic E-state index is 10.1. The molecule has 2 atom stereocenters. The number of carbonyl (C=O) groups is 2. The molecule has 0 aromatic rings. The standard InChI is InChI=1S/C4H6O2S2.C4H6S4.C4H8S.4CH4/c2*1-3(5)7-8-4(2)6;1-3-4(2)5-3;;;;/h2*1-2H3;3-4H,1-2H3;4*1H4. The normalized spacial score (nSPS) is 15.4. The molecule has 1 saturated heterocycles. The minimum Gasteiger partial charge on any atom is -0.287 e. The molecule has 154 valence electrons. The monoisotopic (exact) mass is 484 g/mol. The molecule has 2 unspecified atom stereocenters. The highest BCUT2D eigenvalue weighted by Crippen LogP contribution is 2.39. The summed E-state index contributed by atoms with van der Waals surface area (Å²) in [4.78, 5) is 20.3. The van der Waals surface area contributed by atoms with Gasteiger partial charge in [-0.2, -0.15) is 11.8 Å². The van der Waals surface area contributed by atoms with E-state index in [0.29, 0.717) is 0 Å². The lowest BCUT2D eigenvalue weighted by Crippen LogP contribution is -1.79. The Morgan fingerprint density at radius 1 is 0.680 bits per heavy atom. The van der Waals surface area contributed by atoms with E-state index < -0.39 is 0 Å². The first kappa shape index (κ1) is 40.8. The molecule has 2 nitrogen and oxygen atoms in total. The van der Waals surface area contributed by atoms with Crippen molar-refractivity contribution in [3.8, 4) is 0 Å². The van der Waals surface area contributed by atoms with Crippen LogP contribution in [-0.2, 0) is 9.59 Å². The molecule has 0 amide bonds. The average molecular weight is 485 g/mol. The van der Waals surface area contributed by atoms with Crippen molar-refractivity contribution in [3.05, 3.63) is 0 Å². The predicted molar refractivity (Wildman–Crippen MR) is 142 cm³/mol. The molecule has 0 spiro atoms. The van der Waals surface area contributed by atoms with Crippen LogP contribution >= 0.6 is 79.4 Å². The van der Waals surface area contributed by atoms with Gasteiger partial charge in [-0.25, -0.2) is 0 Å². The molecule has 0 aliphatic carbocycles. The molecule has 25 heavy (non-hydrogen) atoms. The summed E-state index contributed by atoms with van der Waals surface area (Å²) in [6, 6.07) is 0. The highest BCUT2D eigenvalue weighted by atomic mass is 33.1. The third kappa shape index (κ3) is 45.9. The van der Waals surface area contributed by atoms with Crippen LogP contribution in [0.4, 0.5) is 0 Å². The van der Waals surface area contributed by atoms with Crippen molar-refractivity contribution in [1.82, 2.24) is 0 Å². The van der Waals surface area contributed by atoms with Crippen LogP contribution in [0.15, 0.2) is 0 Å². The summed E-state index contributed by atoms with van der Waals surface area (Å²) in [5.41, 5.74) is 0. The minimum atomic E-state index is -0.0369. The lowest BCUT2D eigenvalue weighted by molar-refractivity contribution is -0.110. The molecule has 1 aliphatic rings. The summed E-state index contributed by atoms with van der Waals surface area (Å²) in [5, 5.41) is 1.86. The van der Waals surface area contributed by atoms with E-state index in [1.54, 1.807) is 21.6 Å². The van der Waals surface area contributed by atoms with E-state index in [4.69, 9.17) is 24.4 Å². The highest BCUT2D eigenvalue weighted by Gasteiger charge is 2.27. The molecule has 1 rings (SSSR count). The van der Waals surface area contributed by atoms with Crippen molar-refractivity contribution < 1.29 is 9.59 Å². The van der Waals surface area contributed by atoms with Crippen LogP contribution in [0.5, 0.6) is 0 Å². The van der Waals surface area contributed by atoms with Crippen LogP contribution in [0.1, 0.15) is 71.2 Å². The van der Waals surface area contributed by atoms with Crippen LogP contribution < -0.4 is 0 Å². The summed E-state index contributed by atoms with van der Waals surface area (Å²) in [6.45, 7) is 11.2. The number of rotatable bonds is 0.